The Morgan fingerprint density at radius 3 is 2.06 bits per heavy atom. The summed E-state index contributed by atoms with van der Waals surface area (Å²) in [6.45, 7) is 3.36. The molecular formula is C30H29NO3. The topological polar surface area (TPSA) is 38.8 Å². The maximum Gasteiger partial charge on any atom is 0.341 e. The van der Waals surface area contributed by atoms with Gasteiger partial charge in [0.25, 0.3) is 0 Å². The SMILES string of the molecule is COC(=O)c1ccccc1OCCN1CCC(=C2c3ccccc3C=Cc3ccccc32)CC1. The minimum atomic E-state index is -0.372. The van der Waals surface area contributed by atoms with Gasteiger partial charge in [0.15, 0.2) is 0 Å². The van der Waals surface area contributed by atoms with E-state index in [-0.39, 0.29) is 5.97 Å². The number of esters is 1. The van der Waals surface area contributed by atoms with Crippen molar-refractivity contribution >= 4 is 23.7 Å². The Labute approximate surface area is 201 Å². The summed E-state index contributed by atoms with van der Waals surface area (Å²) in [5.74, 6) is 0.205. The van der Waals surface area contributed by atoms with E-state index in [4.69, 9.17) is 9.47 Å². The van der Waals surface area contributed by atoms with Crippen LogP contribution in [0.25, 0.3) is 17.7 Å². The average molecular weight is 452 g/mol. The second kappa shape index (κ2) is 10.1. The van der Waals surface area contributed by atoms with E-state index in [1.165, 1.54) is 40.5 Å². The molecule has 5 rings (SSSR count). The fourth-order valence-electron chi connectivity index (χ4n) is 4.90. The number of carbonyl (C=O) groups is 1. The number of methoxy groups -OCH3 is 1. The minimum absolute atomic E-state index is 0.372. The van der Waals surface area contributed by atoms with Gasteiger partial charge >= 0.3 is 5.97 Å². The number of rotatable bonds is 5. The van der Waals surface area contributed by atoms with Crippen LogP contribution in [0.4, 0.5) is 0 Å². The lowest BCUT2D eigenvalue weighted by Crippen LogP contribution is -2.34. The molecule has 1 saturated heterocycles. The first-order valence-corrected chi connectivity index (χ1v) is 11.9. The summed E-state index contributed by atoms with van der Waals surface area (Å²) < 4.78 is 10.8. The summed E-state index contributed by atoms with van der Waals surface area (Å²) in [6.07, 6.45) is 6.55. The first-order valence-electron chi connectivity index (χ1n) is 11.9. The van der Waals surface area contributed by atoms with E-state index in [9.17, 15) is 4.79 Å². The predicted octanol–water partition coefficient (Wildman–Crippen LogP) is 5.93. The zero-order valence-electron chi connectivity index (χ0n) is 19.5. The molecule has 0 N–H and O–H groups in total. The maximum absolute atomic E-state index is 12.0. The van der Waals surface area contributed by atoms with Crippen LogP contribution in [0.5, 0.6) is 5.75 Å². The van der Waals surface area contributed by atoms with Gasteiger partial charge in [-0.15, -0.1) is 0 Å². The van der Waals surface area contributed by atoms with Crippen LogP contribution in [-0.2, 0) is 4.74 Å². The summed E-state index contributed by atoms with van der Waals surface area (Å²) in [4.78, 5) is 14.4. The molecule has 0 bridgehead atoms. The van der Waals surface area contributed by atoms with Crippen molar-refractivity contribution in [3.63, 3.8) is 0 Å². The van der Waals surface area contributed by atoms with Gasteiger partial charge in [-0.2, -0.15) is 0 Å². The lowest BCUT2D eigenvalue weighted by atomic mass is 9.86. The molecule has 0 amide bonds. The summed E-state index contributed by atoms with van der Waals surface area (Å²) in [6, 6.07) is 24.7. The molecule has 3 aromatic rings. The number of fused-ring (bicyclic) bond motifs is 2. The predicted molar refractivity (Wildman–Crippen MR) is 137 cm³/mol. The average Bonchev–Trinajstić information content (AvgIpc) is 3.06. The second-order valence-electron chi connectivity index (χ2n) is 8.66. The Hall–Kier alpha value is -3.63. The first kappa shape index (κ1) is 22.2. The smallest absolute Gasteiger partial charge is 0.341 e. The number of hydrogen-bond acceptors (Lipinski definition) is 4. The van der Waals surface area contributed by atoms with Crippen molar-refractivity contribution in [2.24, 2.45) is 0 Å². The molecule has 3 aromatic carbocycles. The van der Waals surface area contributed by atoms with Crippen LogP contribution >= 0.6 is 0 Å². The molecule has 172 valence electrons. The monoisotopic (exact) mass is 451 g/mol. The van der Waals surface area contributed by atoms with Gasteiger partial charge in [-0.3, -0.25) is 4.90 Å². The molecule has 0 saturated carbocycles. The molecule has 34 heavy (non-hydrogen) atoms. The van der Waals surface area contributed by atoms with Crippen molar-refractivity contribution in [2.45, 2.75) is 12.8 Å². The molecule has 4 heteroatoms. The number of nitrogens with zero attached hydrogens (tertiary/aromatic N) is 1. The highest BCUT2D eigenvalue weighted by atomic mass is 16.5. The Balaban J connectivity index is 1.29. The summed E-state index contributed by atoms with van der Waals surface area (Å²) in [5.41, 5.74) is 8.61. The third-order valence-electron chi connectivity index (χ3n) is 6.67. The second-order valence-corrected chi connectivity index (χ2v) is 8.66. The van der Waals surface area contributed by atoms with Crippen molar-refractivity contribution in [3.8, 4) is 5.75 Å². The van der Waals surface area contributed by atoms with Gasteiger partial charge in [-0.1, -0.05) is 78.4 Å². The number of carbonyl (C=O) groups excluding carboxylic acids is 1. The molecule has 1 aliphatic carbocycles. The fourth-order valence-corrected chi connectivity index (χ4v) is 4.90. The maximum atomic E-state index is 12.0. The Morgan fingerprint density at radius 1 is 0.824 bits per heavy atom. The quantitative estimate of drug-likeness (QED) is 0.352. The summed E-state index contributed by atoms with van der Waals surface area (Å²) >= 11 is 0. The van der Waals surface area contributed by atoms with Gasteiger partial charge in [0.1, 0.15) is 17.9 Å². The molecule has 0 aromatic heterocycles. The molecule has 0 unspecified atom stereocenters. The van der Waals surface area contributed by atoms with Gasteiger partial charge in [0.05, 0.1) is 7.11 Å². The van der Waals surface area contributed by atoms with Gasteiger partial charge in [0.2, 0.25) is 0 Å². The zero-order chi connectivity index (χ0) is 23.3. The van der Waals surface area contributed by atoms with Gasteiger partial charge in [-0.25, -0.2) is 4.79 Å². The number of para-hydroxylation sites is 1. The van der Waals surface area contributed by atoms with E-state index in [0.717, 1.165) is 32.5 Å². The normalized spacial score (nSPS) is 15.3. The van der Waals surface area contributed by atoms with Crippen LogP contribution in [0.15, 0.2) is 78.4 Å². The fraction of sp³-hybridized carbons (Fsp3) is 0.233. The number of likely N-dealkylation sites (tertiary alicyclic amines) is 1. The van der Waals surface area contributed by atoms with Crippen molar-refractivity contribution in [1.29, 1.82) is 0 Å². The third-order valence-corrected chi connectivity index (χ3v) is 6.67. The van der Waals surface area contributed by atoms with Crippen LogP contribution in [0.2, 0.25) is 0 Å². The van der Waals surface area contributed by atoms with E-state index in [2.05, 4.69) is 65.6 Å². The molecule has 1 aliphatic heterocycles. The molecule has 2 aliphatic rings. The number of piperidine rings is 1. The third kappa shape index (κ3) is 4.55. The van der Waals surface area contributed by atoms with Crippen LogP contribution in [-0.4, -0.2) is 44.2 Å². The Morgan fingerprint density at radius 2 is 1.41 bits per heavy atom. The lowest BCUT2D eigenvalue weighted by Gasteiger charge is -2.30. The molecular weight excluding hydrogens is 422 g/mol. The Bertz CT molecular complexity index is 1200. The van der Waals surface area contributed by atoms with E-state index < -0.39 is 0 Å². The van der Waals surface area contributed by atoms with Crippen LogP contribution in [0.3, 0.4) is 0 Å². The Kier molecular flexibility index (Phi) is 6.59. The van der Waals surface area contributed by atoms with Crippen LogP contribution in [0, 0.1) is 0 Å². The van der Waals surface area contributed by atoms with Crippen molar-refractivity contribution < 1.29 is 14.3 Å². The van der Waals surface area contributed by atoms with E-state index in [0.29, 0.717) is 17.9 Å². The number of hydrogen-bond donors (Lipinski definition) is 0. The van der Waals surface area contributed by atoms with Crippen molar-refractivity contribution in [2.75, 3.05) is 33.4 Å². The number of ether oxygens (including phenoxy) is 2. The highest BCUT2D eigenvalue weighted by Gasteiger charge is 2.22. The van der Waals surface area contributed by atoms with Crippen LogP contribution < -0.4 is 4.74 Å². The van der Waals surface area contributed by atoms with E-state index in [1.54, 1.807) is 6.07 Å². The molecule has 0 spiro atoms. The van der Waals surface area contributed by atoms with Gasteiger partial charge in [0, 0.05) is 19.6 Å². The molecule has 0 radical (unpaired) electrons. The summed E-state index contributed by atoms with van der Waals surface area (Å²) in [7, 11) is 1.39. The zero-order valence-corrected chi connectivity index (χ0v) is 19.5. The molecule has 1 heterocycles. The number of benzene rings is 3. The summed E-state index contributed by atoms with van der Waals surface area (Å²) in [5, 5.41) is 0. The molecule has 0 atom stereocenters. The van der Waals surface area contributed by atoms with Gasteiger partial charge in [-0.05, 0) is 52.8 Å². The largest absolute Gasteiger partial charge is 0.491 e. The van der Waals surface area contributed by atoms with Crippen LogP contribution in [0.1, 0.15) is 45.5 Å². The first-order chi connectivity index (χ1) is 16.7. The van der Waals surface area contributed by atoms with Gasteiger partial charge < -0.3 is 9.47 Å². The highest BCUT2D eigenvalue weighted by Crippen LogP contribution is 2.38. The van der Waals surface area contributed by atoms with Crippen molar-refractivity contribution in [1.82, 2.24) is 4.90 Å². The lowest BCUT2D eigenvalue weighted by molar-refractivity contribution is 0.0595. The van der Waals surface area contributed by atoms with Crippen molar-refractivity contribution in [3.05, 3.63) is 106 Å². The van der Waals surface area contributed by atoms with E-state index in [1.807, 2.05) is 18.2 Å². The molecule has 1 fully saturated rings. The van der Waals surface area contributed by atoms with E-state index >= 15 is 0 Å². The molecule has 4 nitrogen and oxygen atoms in total. The standard InChI is InChI=1S/C30H29NO3/c1-33-30(32)27-12-6-7-13-28(27)34-21-20-31-18-16-24(17-19-31)29-25-10-4-2-8-22(25)14-15-23-9-3-5-11-26(23)29/h2-15H,16-21H2,1H3. The minimum Gasteiger partial charge on any atom is -0.491 e. The highest BCUT2D eigenvalue weighted by molar-refractivity contribution is 5.95.